The van der Waals surface area contributed by atoms with Crippen molar-refractivity contribution in [3.63, 3.8) is 0 Å². The highest BCUT2D eigenvalue weighted by atomic mass is 35.5. The summed E-state index contributed by atoms with van der Waals surface area (Å²) in [4.78, 5) is 8.20. The number of ether oxygens (including phenoxy) is 1. The summed E-state index contributed by atoms with van der Waals surface area (Å²) in [5, 5.41) is 5.55. The maximum atomic E-state index is 12.1. The molecule has 3 aromatic heterocycles. The Morgan fingerprint density at radius 3 is 2.76 bits per heavy atom. The molecule has 132 valence electrons. The molecule has 0 aliphatic heterocycles. The van der Waals surface area contributed by atoms with Gasteiger partial charge in [-0.3, -0.25) is 9.67 Å². The Balaban J connectivity index is 1.70. The molecule has 0 aromatic carbocycles. The van der Waals surface area contributed by atoms with Gasteiger partial charge >= 0.3 is 6.18 Å². The molecule has 0 radical (unpaired) electrons. The zero-order valence-corrected chi connectivity index (χ0v) is 14.0. The Kier molecular flexibility index (Phi) is 4.91. The van der Waals surface area contributed by atoms with Crippen LogP contribution >= 0.6 is 11.6 Å². The van der Waals surface area contributed by atoms with Crippen LogP contribution in [0.5, 0.6) is 0 Å². The van der Waals surface area contributed by atoms with Crippen molar-refractivity contribution in [1.82, 2.24) is 19.7 Å². The molecule has 0 bridgehead atoms. The summed E-state index contributed by atoms with van der Waals surface area (Å²) < 4.78 is 42.7. The van der Waals surface area contributed by atoms with Gasteiger partial charge in [-0.15, -0.1) is 0 Å². The predicted octanol–water partition coefficient (Wildman–Crippen LogP) is 3.92. The lowest BCUT2D eigenvalue weighted by atomic mass is 10.1. The van der Waals surface area contributed by atoms with Gasteiger partial charge in [-0.2, -0.15) is 18.3 Å². The largest absolute Gasteiger partial charge is 0.411 e. The average molecular weight is 371 g/mol. The van der Waals surface area contributed by atoms with Gasteiger partial charge in [0.1, 0.15) is 11.8 Å². The third-order valence-corrected chi connectivity index (χ3v) is 3.83. The first-order valence-electron chi connectivity index (χ1n) is 7.38. The molecule has 0 saturated carbocycles. The number of nitrogens with zero attached hydrogens (tertiary/aromatic N) is 4. The normalized spacial score (nSPS) is 12.0. The molecule has 0 atom stereocenters. The van der Waals surface area contributed by atoms with Crippen molar-refractivity contribution in [2.75, 3.05) is 6.61 Å². The SMILES string of the molecule is Cc1cc(Cn2cc3c(Cl)nccc3n2)cnc1COCC(F)(F)F. The minimum atomic E-state index is -4.34. The Labute approximate surface area is 146 Å². The van der Waals surface area contributed by atoms with E-state index in [0.29, 0.717) is 17.4 Å². The van der Waals surface area contributed by atoms with Gasteiger partial charge in [0.05, 0.1) is 29.7 Å². The lowest BCUT2D eigenvalue weighted by Gasteiger charge is -2.10. The number of alkyl halides is 3. The monoisotopic (exact) mass is 370 g/mol. The molecule has 3 rings (SSSR count). The van der Waals surface area contributed by atoms with Gasteiger partial charge in [0.25, 0.3) is 0 Å². The van der Waals surface area contributed by atoms with Gasteiger partial charge in [0.15, 0.2) is 0 Å². The van der Waals surface area contributed by atoms with Crippen molar-refractivity contribution in [1.29, 1.82) is 0 Å². The summed E-state index contributed by atoms with van der Waals surface area (Å²) in [7, 11) is 0. The first-order valence-corrected chi connectivity index (χ1v) is 7.76. The van der Waals surface area contributed by atoms with Gasteiger partial charge in [0.2, 0.25) is 0 Å². The zero-order chi connectivity index (χ0) is 18.0. The van der Waals surface area contributed by atoms with Crippen LogP contribution < -0.4 is 0 Å². The number of rotatable bonds is 5. The Hall–Kier alpha value is -2.19. The minimum absolute atomic E-state index is 0.182. The van der Waals surface area contributed by atoms with Crippen LogP contribution in [0.2, 0.25) is 5.15 Å². The number of aromatic nitrogens is 4. The molecule has 0 amide bonds. The van der Waals surface area contributed by atoms with Gasteiger partial charge in [-0.1, -0.05) is 17.7 Å². The number of pyridine rings is 2. The lowest BCUT2D eigenvalue weighted by Crippen LogP contribution is -2.17. The quantitative estimate of drug-likeness (QED) is 0.639. The van der Waals surface area contributed by atoms with Crippen molar-refractivity contribution in [3.05, 3.63) is 52.7 Å². The van der Waals surface area contributed by atoms with E-state index < -0.39 is 12.8 Å². The molecule has 9 heteroatoms. The molecule has 0 aliphatic carbocycles. The van der Waals surface area contributed by atoms with E-state index in [1.54, 1.807) is 36.3 Å². The van der Waals surface area contributed by atoms with Gasteiger partial charge in [-0.05, 0) is 24.1 Å². The number of hydrogen-bond acceptors (Lipinski definition) is 4. The third-order valence-electron chi connectivity index (χ3n) is 3.53. The fraction of sp³-hybridized carbons (Fsp3) is 0.312. The second-order valence-corrected chi connectivity index (χ2v) is 5.93. The summed E-state index contributed by atoms with van der Waals surface area (Å²) in [6.45, 7) is 0.773. The van der Waals surface area contributed by atoms with Crippen LogP contribution in [0.25, 0.3) is 10.9 Å². The first-order chi connectivity index (χ1) is 11.8. The molecule has 0 spiro atoms. The van der Waals surface area contributed by atoms with Crippen molar-refractivity contribution in [2.24, 2.45) is 0 Å². The molecule has 3 heterocycles. The number of hydrogen-bond donors (Lipinski definition) is 0. The van der Waals surface area contributed by atoms with Crippen molar-refractivity contribution >= 4 is 22.5 Å². The van der Waals surface area contributed by atoms with Crippen LogP contribution in [0.3, 0.4) is 0 Å². The third kappa shape index (κ3) is 4.46. The van der Waals surface area contributed by atoms with E-state index in [4.69, 9.17) is 11.6 Å². The minimum Gasteiger partial charge on any atom is -0.366 e. The Bertz CT molecular complexity index is 895. The van der Waals surface area contributed by atoms with E-state index in [1.165, 1.54) is 0 Å². The van der Waals surface area contributed by atoms with Gasteiger partial charge in [-0.25, -0.2) is 4.98 Å². The van der Waals surface area contributed by atoms with E-state index in [2.05, 4.69) is 19.8 Å². The fourth-order valence-corrected chi connectivity index (χ4v) is 2.59. The van der Waals surface area contributed by atoms with Crippen LogP contribution in [0, 0.1) is 6.92 Å². The molecule has 25 heavy (non-hydrogen) atoms. The van der Waals surface area contributed by atoms with Crippen LogP contribution in [-0.2, 0) is 17.9 Å². The summed E-state index contributed by atoms with van der Waals surface area (Å²) in [6, 6.07) is 3.62. The van der Waals surface area contributed by atoms with Crippen LogP contribution in [0.4, 0.5) is 13.2 Å². The van der Waals surface area contributed by atoms with Crippen LogP contribution in [-0.4, -0.2) is 32.5 Å². The average Bonchev–Trinajstić information content (AvgIpc) is 2.92. The van der Waals surface area contributed by atoms with E-state index in [-0.39, 0.29) is 6.61 Å². The standard InChI is InChI=1S/C16H14ClF3N4O/c1-10-4-11(5-22-14(10)8-25-9-16(18,19)20)6-24-7-12-13(23-24)2-3-21-15(12)17/h2-5,7H,6,8-9H2,1H3. The number of aryl methyl sites for hydroxylation is 1. The van der Waals surface area contributed by atoms with Crippen molar-refractivity contribution < 1.29 is 17.9 Å². The Morgan fingerprint density at radius 1 is 1.28 bits per heavy atom. The van der Waals surface area contributed by atoms with Gasteiger partial charge in [0, 0.05) is 18.6 Å². The Morgan fingerprint density at radius 2 is 2.08 bits per heavy atom. The lowest BCUT2D eigenvalue weighted by molar-refractivity contribution is -0.176. The predicted molar refractivity (Wildman–Crippen MR) is 86.3 cm³/mol. The highest BCUT2D eigenvalue weighted by Gasteiger charge is 2.27. The summed E-state index contributed by atoms with van der Waals surface area (Å²) in [6.07, 6.45) is 0.640. The first kappa shape index (κ1) is 17.6. The highest BCUT2D eigenvalue weighted by molar-refractivity contribution is 6.34. The molecular formula is C16H14ClF3N4O. The second kappa shape index (κ2) is 6.97. The van der Waals surface area contributed by atoms with Crippen molar-refractivity contribution in [3.8, 4) is 0 Å². The molecule has 3 aromatic rings. The maximum Gasteiger partial charge on any atom is 0.411 e. The molecule has 0 unspecified atom stereocenters. The molecule has 0 fully saturated rings. The number of halogens is 4. The molecule has 0 N–H and O–H groups in total. The summed E-state index contributed by atoms with van der Waals surface area (Å²) >= 11 is 6.03. The smallest absolute Gasteiger partial charge is 0.366 e. The summed E-state index contributed by atoms with van der Waals surface area (Å²) in [5.41, 5.74) is 2.85. The highest BCUT2D eigenvalue weighted by Crippen LogP contribution is 2.20. The topological polar surface area (TPSA) is 52.8 Å². The fourth-order valence-electron chi connectivity index (χ4n) is 2.39. The second-order valence-electron chi connectivity index (χ2n) is 5.58. The maximum absolute atomic E-state index is 12.1. The van der Waals surface area contributed by atoms with E-state index in [0.717, 1.165) is 22.0 Å². The van der Waals surface area contributed by atoms with E-state index >= 15 is 0 Å². The molecular weight excluding hydrogens is 357 g/mol. The van der Waals surface area contributed by atoms with E-state index in [1.807, 2.05) is 6.07 Å². The number of fused-ring (bicyclic) bond motifs is 1. The molecule has 0 aliphatic rings. The molecule has 0 saturated heterocycles. The zero-order valence-electron chi connectivity index (χ0n) is 13.2. The van der Waals surface area contributed by atoms with E-state index in [9.17, 15) is 13.2 Å². The summed E-state index contributed by atoms with van der Waals surface area (Å²) in [5.74, 6) is 0. The van der Waals surface area contributed by atoms with Crippen LogP contribution in [0.15, 0.2) is 30.7 Å². The molecule has 5 nitrogen and oxygen atoms in total. The van der Waals surface area contributed by atoms with Crippen molar-refractivity contribution in [2.45, 2.75) is 26.3 Å². The van der Waals surface area contributed by atoms with Gasteiger partial charge < -0.3 is 4.74 Å². The van der Waals surface area contributed by atoms with Crippen LogP contribution in [0.1, 0.15) is 16.8 Å².